The van der Waals surface area contributed by atoms with Crippen molar-refractivity contribution in [3.05, 3.63) is 71.2 Å². The summed E-state index contributed by atoms with van der Waals surface area (Å²) in [4.78, 5) is 14.6. The predicted molar refractivity (Wildman–Crippen MR) is 104 cm³/mol. The Morgan fingerprint density at radius 2 is 1.92 bits per heavy atom. The molecule has 1 atom stereocenters. The van der Waals surface area contributed by atoms with Gasteiger partial charge in [-0.15, -0.1) is 0 Å². The van der Waals surface area contributed by atoms with Crippen molar-refractivity contribution in [2.75, 3.05) is 18.0 Å². The van der Waals surface area contributed by atoms with Gasteiger partial charge in [-0.2, -0.15) is 5.10 Å². The number of amides is 1. The molecule has 1 aliphatic heterocycles. The highest BCUT2D eigenvalue weighted by Gasteiger charge is 2.26. The van der Waals surface area contributed by atoms with E-state index < -0.39 is 0 Å². The number of nitrogens with one attached hydrogen (secondary N) is 2. The molecule has 1 aromatic heterocycles. The van der Waals surface area contributed by atoms with Crippen LogP contribution in [0.1, 0.15) is 16.8 Å². The first-order valence-electron chi connectivity index (χ1n) is 8.62. The minimum absolute atomic E-state index is 0.0793. The van der Waals surface area contributed by atoms with E-state index in [1.807, 2.05) is 48.5 Å². The van der Waals surface area contributed by atoms with Crippen LogP contribution in [0.3, 0.4) is 0 Å². The monoisotopic (exact) mass is 366 g/mol. The van der Waals surface area contributed by atoms with Crippen LogP contribution in [0.2, 0.25) is 5.02 Å². The van der Waals surface area contributed by atoms with E-state index in [2.05, 4.69) is 20.4 Å². The molecule has 0 aliphatic carbocycles. The summed E-state index contributed by atoms with van der Waals surface area (Å²) in [5.41, 5.74) is 2.61. The molecule has 26 heavy (non-hydrogen) atoms. The van der Waals surface area contributed by atoms with E-state index in [1.165, 1.54) is 0 Å². The minimum atomic E-state index is -0.130. The van der Waals surface area contributed by atoms with Gasteiger partial charge >= 0.3 is 0 Å². The van der Waals surface area contributed by atoms with Crippen LogP contribution in [0.5, 0.6) is 0 Å². The van der Waals surface area contributed by atoms with Crippen LogP contribution in [0.15, 0.2) is 60.7 Å². The Labute approximate surface area is 157 Å². The zero-order valence-corrected chi connectivity index (χ0v) is 14.9. The summed E-state index contributed by atoms with van der Waals surface area (Å²) < 4.78 is 0. The second-order valence-electron chi connectivity index (χ2n) is 6.39. The molecule has 132 valence electrons. The van der Waals surface area contributed by atoms with Crippen LogP contribution in [0.25, 0.3) is 11.3 Å². The molecule has 0 saturated carbocycles. The van der Waals surface area contributed by atoms with E-state index in [9.17, 15) is 4.79 Å². The van der Waals surface area contributed by atoms with Crippen molar-refractivity contribution in [2.24, 2.45) is 0 Å². The van der Waals surface area contributed by atoms with Crippen molar-refractivity contribution < 1.29 is 4.79 Å². The number of nitrogens with zero attached hydrogens (tertiary/aromatic N) is 2. The lowest BCUT2D eigenvalue weighted by molar-refractivity contribution is 0.0940. The third-order valence-electron chi connectivity index (χ3n) is 4.62. The van der Waals surface area contributed by atoms with Crippen molar-refractivity contribution in [3.8, 4) is 11.3 Å². The SMILES string of the molecule is O=C(NC1CCN(c2cc(-c3ccccc3)[nH]n2)C1)c1ccccc1Cl. The Morgan fingerprint density at radius 1 is 1.15 bits per heavy atom. The van der Waals surface area contributed by atoms with Gasteiger partial charge in [0, 0.05) is 25.2 Å². The molecule has 1 fully saturated rings. The number of hydrogen-bond donors (Lipinski definition) is 2. The summed E-state index contributed by atoms with van der Waals surface area (Å²) in [5, 5.41) is 11.1. The Hall–Kier alpha value is -2.79. The number of anilines is 1. The molecular formula is C20H19ClN4O. The van der Waals surface area contributed by atoms with E-state index >= 15 is 0 Å². The molecule has 1 aliphatic rings. The molecule has 6 heteroatoms. The van der Waals surface area contributed by atoms with Gasteiger partial charge in [0.15, 0.2) is 5.82 Å². The molecule has 1 saturated heterocycles. The summed E-state index contributed by atoms with van der Waals surface area (Å²) in [6.45, 7) is 1.59. The quantitative estimate of drug-likeness (QED) is 0.739. The molecule has 0 spiro atoms. The zero-order valence-electron chi connectivity index (χ0n) is 14.2. The first kappa shape index (κ1) is 16.7. The topological polar surface area (TPSA) is 61.0 Å². The number of benzene rings is 2. The first-order valence-corrected chi connectivity index (χ1v) is 8.99. The van der Waals surface area contributed by atoms with Crippen LogP contribution in [0, 0.1) is 0 Å². The molecule has 4 rings (SSSR count). The van der Waals surface area contributed by atoms with Crippen LogP contribution >= 0.6 is 11.6 Å². The third kappa shape index (κ3) is 3.44. The Kier molecular flexibility index (Phi) is 4.63. The number of hydrogen-bond acceptors (Lipinski definition) is 3. The molecule has 1 amide bonds. The molecule has 2 aromatic carbocycles. The summed E-state index contributed by atoms with van der Waals surface area (Å²) in [5.74, 6) is 0.771. The molecule has 2 N–H and O–H groups in total. The summed E-state index contributed by atoms with van der Waals surface area (Å²) in [7, 11) is 0. The standard InChI is InChI=1S/C20H19ClN4O/c21-17-9-5-4-8-16(17)20(26)22-15-10-11-25(13-15)19-12-18(23-24-19)14-6-2-1-3-7-14/h1-9,12,15H,10-11,13H2,(H,22,26)(H,23,24). The lowest BCUT2D eigenvalue weighted by Gasteiger charge is -2.16. The second kappa shape index (κ2) is 7.22. The average Bonchev–Trinajstić information content (AvgIpc) is 3.32. The lowest BCUT2D eigenvalue weighted by atomic mass is 10.1. The van der Waals surface area contributed by atoms with Gasteiger partial charge in [0.1, 0.15) is 0 Å². The van der Waals surface area contributed by atoms with E-state index in [0.29, 0.717) is 10.6 Å². The first-order chi connectivity index (χ1) is 12.7. The summed E-state index contributed by atoms with van der Waals surface area (Å²) >= 11 is 6.10. The molecule has 0 radical (unpaired) electrons. The van der Waals surface area contributed by atoms with Crippen molar-refractivity contribution in [3.63, 3.8) is 0 Å². The number of rotatable bonds is 4. The molecular weight excluding hydrogens is 348 g/mol. The highest BCUT2D eigenvalue weighted by molar-refractivity contribution is 6.33. The third-order valence-corrected chi connectivity index (χ3v) is 4.94. The fourth-order valence-corrected chi connectivity index (χ4v) is 3.45. The number of carbonyl (C=O) groups is 1. The summed E-state index contributed by atoms with van der Waals surface area (Å²) in [6.07, 6.45) is 0.879. The van der Waals surface area contributed by atoms with Crippen LogP contribution < -0.4 is 10.2 Å². The van der Waals surface area contributed by atoms with Gasteiger partial charge in [-0.05, 0) is 24.1 Å². The highest BCUT2D eigenvalue weighted by atomic mass is 35.5. The van der Waals surface area contributed by atoms with E-state index in [1.54, 1.807) is 12.1 Å². The van der Waals surface area contributed by atoms with Gasteiger partial charge in [-0.1, -0.05) is 54.1 Å². The molecule has 3 aromatic rings. The summed E-state index contributed by atoms with van der Waals surface area (Å²) in [6, 6.07) is 19.3. The van der Waals surface area contributed by atoms with Gasteiger partial charge in [0.2, 0.25) is 0 Å². The lowest BCUT2D eigenvalue weighted by Crippen LogP contribution is -2.37. The van der Waals surface area contributed by atoms with Crippen molar-refractivity contribution in [1.29, 1.82) is 0 Å². The van der Waals surface area contributed by atoms with Crippen molar-refractivity contribution in [1.82, 2.24) is 15.5 Å². The predicted octanol–water partition coefficient (Wildman–Crippen LogP) is 3.74. The zero-order chi connectivity index (χ0) is 17.9. The van der Waals surface area contributed by atoms with Crippen LogP contribution in [-0.4, -0.2) is 35.2 Å². The van der Waals surface area contributed by atoms with Gasteiger partial charge in [0.05, 0.1) is 16.3 Å². The normalized spacial score (nSPS) is 16.7. The maximum absolute atomic E-state index is 12.4. The van der Waals surface area contributed by atoms with Crippen LogP contribution in [0.4, 0.5) is 5.82 Å². The Bertz CT molecular complexity index is 909. The van der Waals surface area contributed by atoms with E-state index in [0.717, 1.165) is 36.6 Å². The maximum Gasteiger partial charge on any atom is 0.253 e. The van der Waals surface area contributed by atoms with Gasteiger partial charge in [-0.25, -0.2) is 0 Å². The van der Waals surface area contributed by atoms with Crippen molar-refractivity contribution >= 4 is 23.3 Å². The van der Waals surface area contributed by atoms with Gasteiger partial charge in [0.25, 0.3) is 5.91 Å². The second-order valence-corrected chi connectivity index (χ2v) is 6.80. The van der Waals surface area contributed by atoms with E-state index in [4.69, 9.17) is 11.6 Å². The fraction of sp³-hybridized carbons (Fsp3) is 0.200. The Balaban J connectivity index is 1.41. The number of aromatic nitrogens is 2. The molecule has 1 unspecified atom stereocenters. The Morgan fingerprint density at radius 3 is 2.73 bits per heavy atom. The number of aromatic amines is 1. The van der Waals surface area contributed by atoms with Gasteiger partial charge < -0.3 is 10.2 Å². The molecule has 0 bridgehead atoms. The smallest absolute Gasteiger partial charge is 0.253 e. The maximum atomic E-state index is 12.4. The molecule has 5 nitrogen and oxygen atoms in total. The van der Waals surface area contributed by atoms with Gasteiger partial charge in [-0.3, -0.25) is 9.89 Å². The fourth-order valence-electron chi connectivity index (χ4n) is 3.23. The van der Waals surface area contributed by atoms with Crippen molar-refractivity contribution in [2.45, 2.75) is 12.5 Å². The van der Waals surface area contributed by atoms with Crippen LogP contribution in [-0.2, 0) is 0 Å². The minimum Gasteiger partial charge on any atom is -0.353 e. The number of H-pyrrole nitrogens is 1. The molecule has 2 heterocycles. The number of halogens is 1. The number of carbonyl (C=O) groups excluding carboxylic acids is 1. The largest absolute Gasteiger partial charge is 0.353 e. The average molecular weight is 367 g/mol. The highest BCUT2D eigenvalue weighted by Crippen LogP contribution is 2.24. The van der Waals surface area contributed by atoms with E-state index in [-0.39, 0.29) is 11.9 Å².